The van der Waals surface area contributed by atoms with Gasteiger partial charge in [0.15, 0.2) is 6.54 Å². The molecular weight excluding hydrogens is 170 g/mol. The largest absolute Gasteiger partial charge is 0.241 e. The van der Waals surface area contributed by atoms with Crippen molar-refractivity contribution in [2.24, 2.45) is 0 Å². The van der Waals surface area contributed by atoms with Gasteiger partial charge in [-0.2, -0.15) is 0 Å². The van der Waals surface area contributed by atoms with Crippen LogP contribution in [0.4, 0.5) is 0 Å². The zero-order chi connectivity index (χ0) is 9.97. The molecule has 2 aromatic rings. The molecule has 0 radical (unpaired) electrons. The average Bonchev–Trinajstić information content (AvgIpc) is 2.18. The number of hydrogen-bond donors (Lipinski definition) is 0. The van der Waals surface area contributed by atoms with Crippen LogP contribution < -0.4 is 0 Å². The summed E-state index contributed by atoms with van der Waals surface area (Å²) in [5.41, 5.74) is 1.33. The van der Waals surface area contributed by atoms with Crippen molar-refractivity contribution >= 4 is 17.5 Å². The van der Waals surface area contributed by atoms with Crippen LogP contribution in [0.3, 0.4) is 0 Å². The highest BCUT2D eigenvalue weighted by Crippen LogP contribution is 2.18. The number of benzene rings is 2. The molecule has 2 aromatic carbocycles. The summed E-state index contributed by atoms with van der Waals surface area (Å²) in [7, 11) is 1.99. The topological polar surface area (TPSA) is 3.01 Å². The summed E-state index contributed by atoms with van der Waals surface area (Å²) in [6.07, 6.45) is 0. The van der Waals surface area contributed by atoms with Gasteiger partial charge in [0.05, 0.1) is 0 Å². The third-order valence-electron chi connectivity index (χ3n) is 2.32. The molecule has 0 heterocycles. The highest BCUT2D eigenvalue weighted by Gasteiger charge is 2.02. The van der Waals surface area contributed by atoms with Crippen LogP contribution in [0.2, 0.25) is 0 Å². The minimum absolute atomic E-state index is 0.890. The van der Waals surface area contributed by atoms with Gasteiger partial charge in [-0.05, 0) is 10.8 Å². The van der Waals surface area contributed by atoms with Crippen LogP contribution in [0, 0.1) is 0 Å². The second-order valence-electron chi connectivity index (χ2n) is 3.65. The summed E-state index contributed by atoms with van der Waals surface area (Å²) < 4.78 is 1.95. The molecular formula is C13H14N+. The summed E-state index contributed by atoms with van der Waals surface area (Å²) >= 11 is 0. The van der Waals surface area contributed by atoms with Crippen molar-refractivity contribution < 1.29 is 4.58 Å². The standard InChI is InChI=1S/C13H14N/c1-14(2)10-12-8-5-7-11-6-3-4-9-13(11)12/h3-9H,1,10H2,2H3/q+1. The summed E-state index contributed by atoms with van der Waals surface area (Å²) in [5, 5.41) is 2.62. The lowest BCUT2D eigenvalue weighted by molar-refractivity contribution is -0.504. The molecule has 0 amide bonds. The minimum atomic E-state index is 0.890. The quantitative estimate of drug-likeness (QED) is 0.498. The van der Waals surface area contributed by atoms with Gasteiger partial charge >= 0.3 is 0 Å². The van der Waals surface area contributed by atoms with Gasteiger partial charge in [-0.25, -0.2) is 4.58 Å². The maximum absolute atomic E-state index is 3.87. The molecule has 70 valence electrons. The third-order valence-corrected chi connectivity index (χ3v) is 2.32. The molecule has 1 heteroatoms. The Labute approximate surface area is 84.3 Å². The van der Waals surface area contributed by atoms with Crippen molar-refractivity contribution in [1.82, 2.24) is 0 Å². The van der Waals surface area contributed by atoms with Crippen molar-refractivity contribution in [1.29, 1.82) is 0 Å². The molecule has 0 aliphatic heterocycles. The predicted octanol–water partition coefficient (Wildman–Crippen LogP) is 2.68. The van der Waals surface area contributed by atoms with Gasteiger partial charge in [-0.15, -0.1) is 0 Å². The van der Waals surface area contributed by atoms with Gasteiger partial charge in [0.25, 0.3) is 0 Å². The van der Waals surface area contributed by atoms with Crippen molar-refractivity contribution in [3.05, 3.63) is 48.0 Å². The van der Waals surface area contributed by atoms with E-state index in [1.165, 1.54) is 16.3 Å². The molecule has 0 atom stereocenters. The van der Waals surface area contributed by atoms with Crippen LogP contribution in [-0.2, 0) is 6.54 Å². The predicted molar refractivity (Wildman–Crippen MR) is 61.0 cm³/mol. The van der Waals surface area contributed by atoms with Crippen LogP contribution in [0.15, 0.2) is 42.5 Å². The summed E-state index contributed by atoms with van der Waals surface area (Å²) in [5.74, 6) is 0. The van der Waals surface area contributed by atoms with Crippen LogP contribution in [0.5, 0.6) is 0 Å². The van der Waals surface area contributed by atoms with E-state index in [4.69, 9.17) is 0 Å². The Morgan fingerprint density at radius 3 is 2.57 bits per heavy atom. The van der Waals surface area contributed by atoms with Gasteiger partial charge in [0.1, 0.15) is 13.8 Å². The fourth-order valence-electron chi connectivity index (χ4n) is 1.72. The normalized spacial score (nSPS) is 10.4. The molecule has 1 nitrogen and oxygen atoms in total. The second-order valence-corrected chi connectivity index (χ2v) is 3.65. The third kappa shape index (κ3) is 1.67. The summed E-state index contributed by atoms with van der Waals surface area (Å²) in [6, 6.07) is 14.8. The molecule has 0 unspecified atom stereocenters. The molecule has 0 aliphatic rings. The van der Waals surface area contributed by atoms with E-state index >= 15 is 0 Å². The van der Waals surface area contributed by atoms with Gasteiger partial charge in [-0.1, -0.05) is 42.5 Å². The van der Waals surface area contributed by atoms with E-state index in [1.54, 1.807) is 0 Å². The van der Waals surface area contributed by atoms with Crippen molar-refractivity contribution in [2.45, 2.75) is 6.54 Å². The van der Waals surface area contributed by atoms with E-state index in [2.05, 4.69) is 49.2 Å². The minimum Gasteiger partial charge on any atom is -0.241 e. The molecule has 0 bridgehead atoms. The van der Waals surface area contributed by atoms with E-state index in [9.17, 15) is 0 Å². The van der Waals surface area contributed by atoms with Crippen molar-refractivity contribution in [3.63, 3.8) is 0 Å². The second kappa shape index (κ2) is 3.62. The Balaban J connectivity index is 2.59. The molecule has 0 spiro atoms. The summed E-state index contributed by atoms with van der Waals surface area (Å²) in [6.45, 7) is 4.76. The lowest BCUT2D eigenvalue weighted by atomic mass is 10.0. The van der Waals surface area contributed by atoms with Crippen LogP contribution in [-0.4, -0.2) is 18.3 Å². The smallest absolute Gasteiger partial charge is 0.167 e. The van der Waals surface area contributed by atoms with Gasteiger partial charge in [0.2, 0.25) is 0 Å². The molecule has 2 rings (SSSR count). The highest BCUT2D eigenvalue weighted by molar-refractivity contribution is 5.85. The van der Waals surface area contributed by atoms with E-state index in [0.29, 0.717) is 0 Å². The van der Waals surface area contributed by atoms with E-state index in [-0.39, 0.29) is 0 Å². The number of hydrogen-bond acceptors (Lipinski definition) is 0. The molecule has 14 heavy (non-hydrogen) atoms. The Morgan fingerprint density at radius 1 is 1.07 bits per heavy atom. The first-order chi connectivity index (χ1) is 6.77. The SMILES string of the molecule is C=[N+](C)Cc1cccc2ccccc12. The van der Waals surface area contributed by atoms with Crippen molar-refractivity contribution in [2.75, 3.05) is 7.05 Å². The molecule has 0 fully saturated rings. The highest BCUT2D eigenvalue weighted by atomic mass is 14.9. The summed E-state index contributed by atoms with van der Waals surface area (Å²) in [4.78, 5) is 0. The Hall–Kier alpha value is -1.63. The molecule has 0 aromatic heterocycles. The maximum Gasteiger partial charge on any atom is 0.167 e. The first-order valence-corrected chi connectivity index (χ1v) is 4.75. The fraction of sp³-hybridized carbons (Fsp3) is 0.154. The fourth-order valence-corrected chi connectivity index (χ4v) is 1.72. The first-order valence-electron chi connectivity index (χ1n) is 4.75. The molecule has 0 saturated heterocycles. The Bertz CT molecular complexity index is 466. The number of fused-ring (bicyclic) bond motifs is 1. The maximum atomic E-state index is 3.87. The van der Waals surface area contributed by atoms with Crippen LogP contribution in [0.1, 0.15) is 5.56 Å². The van der Waals surface area contributed by atoms with Gasteiger partial charge in [-0.3, -0.25) is 0 Å². The van der Waals surface area contributed by atoms with E-state index in [1.807, 2.05) is 11.6 Å². The lowest BCUT2D eigenvalue weighted by Crippen LogP contribution is -2.01. The lowest BCUT2D eigenvalue weighted by Gasteiger charge is -2.02. The van der Waals surface area contributed by atoms with Gasteiger partial charge < -0.3 is 0 Å². The molecule has 0 N–H and O–H groups in total. The van der Waals surface area contributed by atoms with Crippen LogP contribution in [0.25, 0.3) is 10.8 Å². The van der Waals surface area contributed by atoms with E-state index < -0.39 is 0 Å². The van der Waals surface area contributed by atoms with Gasteiger partial charge in [0, 0.05) is 5.56 Å². The first kappa shape index (κ1) is 8.95. The van der Waals surface area contributed by atoms with Crippen molar-refractivity contribution in [3.8, 4) is 0 Å². The van der Waals surface area contributed by atoms with E-state index in [0.717, 1.165) is 6.54 Å². The molecule has 0 aliphatic carbocycles. The zero-order valence-electron chi connectivity index (χ0n) is 8.40. The monoisotopic (exact) mass is 184 g/mol. The molecule has 0 saturated carbocycles. The Morgan fingerprint density at radius 2 is 1.79 bits per heavy atom. The Kier molecular flexibility index (Phi) is 2.32. The zero-order valence-corrected chi connectivity index (χ0v) is 8.40. The van der Waals surface area contributed by atoms with Crippen LogP contribution >= 0.6 is 0 Å². The number of rotatable bonds is 2. The number of nitrogens with zero attached hydrogens (tertiary/aromatic N) is 1. The average molecular weight is 184 g/mol.